The van der Waals surface area contributed by atoms with Gasteiger partial charge in [0, 0.05) is 5.56 Å². The summed E-state index contributed by atoms with van der Waals surface area (Å²) in [6.07, 6.45) is 4.64. The molecule has 92 valence electrons. The first-order valence-electron chi connectivity index (χ1n) is 5.82. The van der Waals surface area contributed by atoms with E-state index < -0.39 is 5.54 Å². The molecule has 5 nitrogen and oxygen atoms in total. The first kappa shape index (κ1) is 11.0. The number of aliphatic imine (C=N–C) groups is 1. The Balaban J connectivity index is 2.22. The van der Waals surface area contributed by atoms with E-state index in [9.17, 15) is 4.79 Å². The Kier molecular flexibility index (Phi) is 2.42. The molecule has 3 rings (SSSR count). The van der Waals surface area contributed by atoms with Crippen molar-refractivity contribution in [2.45, 2.75) is 24.8 Å². The molecule has 2 aromatic rings. The predicted octanol–water partition coefficient (Wildman–Crippen LogP) is 2.55. The third-order valence-electron chi connectivity index (χ3n) is 3.52. The third kappa shape index (κ3) is 1.45. The van der Waals surface area contributed by atoms with E-state index in [0.29, 0.717) is 11.1 Å². The minimum Gasteiger partial charge on any atom is -0.453 e. The lowest BCUT2D eigenvalue weighted by Gasteiger charge is -2.36. The smallest absolute Gasteiger partial charge is 0.394 e. The van der Waals surface area contributed by atoms with Crippen LogP contribution in [0.3, 0.4) is 0 Å². The molecule has 0 atom stereocenters. The van der Waals surface area contributed by atoms with Gasteiger partial charge in [-0.15, -0.1) is 0 Å². The van der Waals surface area contributed by atoms with E-state index in [2.05, 4.69) is 9.98 Å². The fraction of sp³-hybridized carbons (Fsp3) is 0.385. The van der Waals surface area contributed by atoms with Crippen molar-refractivity contribution < 1.29 is 13.9 Å². The van der Waals surface area contributed by atoms with E-state index in [1.54, 1.807) is 6.08 Å². The molecule has 1 aromatic carbocycles. The fourth-order valence-electron chi connectivity index (χ4n) is 2.43. The molecule has 0 amide bonds. The number of rotatable bonds is 3. The van der Waals surface area contributed by atoms with Gasteiger partial charge in [-0.05, 0) is 25.3 Å². The summed E-state index contributed by atoms with van der Waals surface area (Å²) in [5.74, 6) is 0. The topological polar surface area (TPSA) is 64.7 Å². The first-order chi connectivity index (χ1) is 8.79. The number of benzene rings is 1. The van der Waals surface area contributed by atoms with Crippen LogP contribution >= 0.6 is 0 Å². The average Bonchev–Trinajstić information content (AvgIpc) is 2.76. The zero-order valence-electron chi connectivity index (χ0n) is 9.97. The first-order valence-corrected chi connectivity index (χ1v) is 5.82. The van der Waals surface area contributed by atoms with E-state index >= 15 is 0 Å². The molecule has 0 spiro atoms. The Bertz CT molecular complexity index is 637. The van der Waals surface area contributed by atoms with Gasteiger partial charge in [-0.1, -0.05) is 12.1 Å². The molecule has 1 fully saturated rings. The number of nitrogens with zero attached hydrogens (tertiary/aromatic N) is 2. The van der Waals surface area contributed by atoms with Gasteiger partial charge in [0.05, 0.1) is 7.11 Å². The predicted molar refractivity (Wildman–Crippen MR) is 64.2 cm³/mol. The number of fused-ring (bicyclic) bond motifs is 1. The summed E-state index contributed by atoms with van der Waals surface area (Å²) in [5, 5.41) is 0. The number of methoxy groups -OCH3 is 1. The highest BCUT2D eigenvalue weighted by molar-refractivity contribution is 5.78. The highest BCUT2D eigenvalue weighted by Gasteiger charge is 2.41. The Morgan fingerprint density at radius 1 is 1.50 bits per heavy atom. The van der Waals surface area contributed by atoms with Crippen molar-refractivity contribution in [1.82, 2.24) is 4.98 Å². The number of carbonyl (C=O) groups excluding carboxylic acids is 1. The second-order valence-electron chi connectivity index (χ2n) is 4.42. The van der Waals surface area contributed by atoms with Crippen LogP contribution in [0.5, 0.6) is 6.08 Å². The van der Waals surface area contributed by atoms with Crippen LogP contribution in [-0.4, -0.2) is 18.2 Å². The van der Waals surface area contributed by atoms with Crippen LogP contribution in [0, 0.1) is 0 Å². The second-order valence-corrected chi connectivity index (χ2v) is 4.42. The van der Waals surface area contributed by atoms with Crippen molar-refractivity contribution in [3.63, 3.8) is 0 Å². The highest BCUT2D eigenvalue weighted by atomic mass is 16.6. The van der Waals surface area contributed by atoms with Crippen LogP contribution in [0.4, 0.5) is 0 Å². The second kappa shape index (κ2) is 3.96. The lowest BCUT2D eigenvalue weighted by Crippen LogP contribution is -2.32. The molecular weight excluding hydrogens is 232 g/mol. The average molecular weight is 244 g/mol. The van der Waals surface area contributed by atoms with Gasteiger partial charge in [-0.2, -0.15) is 9.98 Å². The molecule has 1 saturated carbocycles. The molecule has 0 bridgehead atoms. The molecule has 0 N–H and O–H groups in total. The fourth-order valence-corrected chi connectivity index (χ4v) is 2.43. The molecule has 1 heterocycles. The van der Waals surface area contributed by atoms with Crippen molar-refractivity contribution in [2.75, 3.05) is 7.11 Å². The number of oxazole rings is 1. The number of ether oxygens (including phenoxy) is 1. The van der Waals surface area contributed by atoms with Gasteiger partial charge >= 0.3 is 6.08 Å². The van der Waals surface area contributed by atoms with E-state index in [1.807, 2.05) is 18.2 Å². The molecule has 18 heavy (non-hydrogen) atoms. The summed E-state index contributed by atoms with van der Waals surface area (Å²) in [6.45, 7) is 0. The van der Waals surface area contributed by atoms with Crippen LogP contribution in [0.2, 0.25) is 0 Å². The summed E-state index contributed by atoms with van der Waals surface area (Å²) >= 11 is 0. The summed E-state index contributed by atoms with van der Waals surface area (Å²) < 4.78 is 10.4. The Morgan fingerprint density at radius 3 is 2.94 bits per heavy atom. The summed E-state index contributed by atoms with van der Waals surface area (Å²) in [4.78, 5) is 18.9. The molecule has 1 aliphatic rings. The Morgan fingerprint density at radius 2 is 2.33 bits per heavy atom. The van der Waals surface area contributed by atoms with Crippen LogP contribution in [-0.2, 0) is 10.3 Å². The molecule has 1 aromatic heterocycles. The molecular formula is C13H12N2O3. The zero-order chi connectivity index (χ0) is 12.6. The monoisotopic (exact) mass is 244 g/mol. The lowest BCUT2D eigenvalue weighted by molar-refractivity contribution is 0.258. The summed E-state index contributed by atoms with van der Waals surface area (Å²) in [5.41, 5.74) is 1.81. The SMILES string of the molecule is COc1nc2c(C3(N=C=O)CCC3)cccc2o1. The number of isocyanates is 1. The Labute approximate surface area is 103 Å². The van der Waals surface area contributed by atoms with Crippen molar-refractivity contribution in [1.29, 1.82) is 0 Å². The lowest BCUT2D eigenvalue weighted by atomic mass is 9.72. The van der Waals surface area contributed by atoms with E-state index in [0.717, 1.165) is 24.8 Å². The van der Waals surface area contributed by atoms with Crippen molar-refractivity contribution in [3.8, 4) is 6.08 Å². The number of hydrogen-bond acceptors (Lipinski definition) is 5. The maximum absolute atomic E-state index is 10.6. The number of para-hydroxylation sites is 1. The summed E-state index contributed by atoms with van der Waals surface area (Å²) in [7, 11) is 1.51. The van der Waals surface area contributed by atoms with Gasteiger partial charge < -0.3 is 9.15 Å². The number of hydrogen-bond donors (Lipinski definition) is 0. The molecule has 5 heteroatoms. The number of aromatic nitrogens is 1. The van der Waals surface area contributed by atoms with Crippen molar-refractivity contribution in [3.05, 3.63) is 23.8 Å². The van der Waals surface area contributed by atoms with E-state index in [-0.39, 0.29) is 6.08 Å². The zero-order valence-corrected chi connectivity index (χ0v) is 9.97. The molecule has 0 radical (unpaired) electrons. The minimum atomic E-state index is -0.469. The van der Waals surface area contributed by atoms with Gasteiger partial charge in [-0.25, -0.2) is 4.79 Å². The van der Waals surface area contributed by atoms with Gasteiger partial charge in [-0.3, -0.25) is 0 Å². The van der Waals surface area contributed by atoms with Crippen LogP contribution in [0.15, 0.2) is 27.6 Å². The van der Waals surface area contributed by atoms with Crippen LogP contribution in [0.25, 0.3) is 11.1 Å². The quantitative estimate of drug-likeness (QED) is 0.614. The van der Waals surface area contributed by atoms with Gasteiger partial charge in [0.2, 0.25) is 6.08 Å². The molecule has 0 unspecified atom stereocenters. The molecule has 1 aliphatic carbocycles. The van der Waals surface area contributed by atoms with Crippen LogP contribution in [0.1, 0.15) is 24.8 Å². The van der Waals surface area contributed by atoms with Gasteiger partial charge in [0.25, 0.3) is 0 Å². The Hall–Kier alpha value is -2.13. The van der Waals surface area contributed by atoms with Crippen LogP contribution < -0.4 is 4.74 Å². The van der Waals surface area contributed by atoms with Crippen molar-refractivity contribution >= 4 is 17.2 Å². The minimum absolute atomic E-state index is 0.224. The normalized spacial score (nSPS) is 16.9. The summed E-state index contributed by atoms with van der Waals surface area (Å²) in [6, 6.07) is 5.64. The maximum Gasteiger partial charge on any atom is 0.394 e. The largest absolute Gasteiger partial charge is 0.453 e. The third-order valence-corrected chi connectivity index (χ3v) is 3.52. The maximum atomic E-state index is 10.6. The molecule has 0 aliphatic heterocycles. The van der Waals surface area contributed by atoms with E-state index in [1.165, 1.54) is 7.11 Å². The molecule has 0 saturated heterocycles. The van der Waals surface area contributed by atoms with Gasteiger partial charge in [0.1, 0.15) is 11.1 Å². The van der Waals surface area contributed by atoms with E-state index in [4.69, 9.17) is 9.15 Å². The highest BCUT2D eigenvalue weighted by Crippen LogP contribution is 2.47. The van der Waals surface area contributed by atoms with Gasteiger partial charge in [0.15, 0.2) is 5.58 Å². The van der Waals surface area contributed by atoms with Crippen molar-refractivity contribution in [2.24, 2.45) is 4.99 Å². The standard InChI is InChI=1S/C13H12N2O3/c1-17-12-15-11-9(4-2-5-10(11)18-12)13(14-8-16)6-3-7-13/h2,4-5H,3,6-7H2,1H3.